The second kappa shape index (κ2) is 7.79. The molecule has 1 unspecified atom stereocenters. The molecule has 2 rings (SSSR count). The Morgan fingerprint density at radius 3 is 2.20 bits per heavy atom. The van der Waals surface area contributed by atoms with Gasteiger partial charge in [0.25, 0.3) is 0 Å². The molecule has 1 saturated heterocycles. The Bertz CT molecular complexity index is 571. The third-order valence-corrected chi connectivity index (χ3v) is 5.03. The minimum atomic E-state index is -0.487. The average Bonchev–Trinajstić information content (AvgIpc) is 2.75. The fraction of sp³-hybridized carbons (Fsp3) is 0.632. The molecule has 2 amide bonds. The van der Waals surface area contributed by atoms with Gasteiger partial charge in [-0.05, 0) is 53.0 Å². The molecule has 0 aliphatic carbocycles. The molecule has 1 atom stereocenters. The van der Waals surface area contributed by atoms with Crippen LogP contribution in [0, 0.1) is 6.92 Å². The number of nitrogens with one attached hydrogen (secondary N) is 2. The third-order valence-electron chi connectivity index (χ3n) is 5.03. The van der Waals surface area contributed by atoms with Gasteiger partial charge in [0, 0.05) is 6.54 Å². The lowest BCUT2D eigenvalue weighted by molar-refractivity contribution is 0.00578. The summed E-state index contributed by atoms with van der Waals surface area (Å²) in [6.07, 6.45) is 1.54. The highest BCUT2D eigenvalue weighted by molar-refractivity contribution is 6.48. The summed E-state index contributed by atoms with van der Waals surface area (Å²) in [6.45, 7) is 12.8. The molecule has 0 bridgehead atoms. The minimum Gasteiger partial charge on any atom is -0.402 e. The van der Waals surface area contributed by atoms with E-state index < -0.39 is 18.3 Å². The number of amides is 2. The molecule has 6 heteroatoms. The molecular weight excluding hydrogens is 315 g/mol. The Kier molecular flexibility index (Phi) is 6.17. The standard InChI is InChI=1S/C19H31BN2O3/c1-7-12-21-17(23)22-16(13-15-10-8-14(2)9-11-15)20-24-18(3,4)19(5,6)25-20/h8-11,16H,7,12-13H2,1-6H3,(H2,21,22,23). The average molecular weight is 346 g/mol. The fourth-order valence-electron chi connectivity index (χ4n) is 2.70. The highest BCUT2D eigenvalue weighted by Gasteiger charge is 2.54. The smallest absolute Gasteiger partial charge is 0.402 e. The summed E-state index contributed by atoms with van der Waals surface area (Å²) in [5, 5.41) is 5.89. The Hall–Kier alpha value is -1.53. The molecule has 1 aromatic carbocycles. The Morgan fingerprint density at radius 2 is 1.68 bits per heavy atom. The summed E-state index contributed by atoms with van der Waals surface area (Å²) in [6, 6.07) is 8.13. The first-order valence-electron chi connectivity index (χ1n) is 9.10. The summed E-state index contributed by atoms with van der Waals surface area (Å²) in [4.78, 5) is 12.2. The lowest BCUT2D eigenvalue weighted by atomic mass is 9.75. The van der Waals surface area contributed by atoms with Crippen LogP contribution >= 0.6 is 0 Å². The molecule has 25 heavy (non-hydrogen) atoms. The Balaban J connectivity index is 2.14. The normalized spacial score (nSPS) is 19.5. The van der Waals surface area contributed by atoms with Gasteiger partial charge >= 0.3 is 13.1 Å². The summed E-state index contributed by atoms with van der Waals surface area (Å²) < 4.78 is 12.3. The van der Waals surface area contributed by atoms with Crippen molar-refractivity contribution in [1.82, 2.24) is 10.6 Å². The van der Waals surface area contributed by atoms with Gasteiger partial charge in [-0.25, -0.2) is 4.79 Å². The van der Waals surface area contributed by atoms with Crippen LogP contribution in [0.4, 0.5) is 4.79 Å². The summed E-state index contributed by atoms with van der Waals surface area (Å²) in [5.74, 6) is -0.263. The van der Waals surface area contributed by atoms with Crippen molar-refractivity contribution in [3.8, 4) is 0 Å². The molecular formula is C19H31BN2O3. The van der Waals surface area contributed by atoms with Crippen molar-refractivity contribution in [3.05, 3.63) is 35.4 Å². The van der Waals surface area contributed by atoms with Gasteiger partial charge < -0.3 is 19.9 Å². The van der Waals surface area contributed by atoms with E-state index in [9.17, 15) is 4.79 Å². The molecule has 2 N–H and O–H groups in total. The van der Waals surface area contributed by atoms with Gasteiger partial charge in [-0.3, -0.25) is 0 Å². The lowest BCUT2D eigenvalue weighted by Crippen LogP contribution is -2.52. The van der Waals surface area contributed by atoms with Crippen LogP contribution in [-0.4, -0.2) is 36.8 Å². The Labute approximate surface area is 152 Å². The zero-order valence-corrected chi connectivity index (χ0v) is 16.3. The topological polar surface area (TPSA) is 59.6 Å². The molecule has 1 heterocycles. The predicted molar refractivity (Wildman–Crippen MR) is 102 cm³/mol. The molecule has 0 spiro atoms. The molecule has 138 valence electrons. The van der Waals surface area contributed by atoms with Crippen molar-refractivity contribution in [2.45, 2.75) is 71.5 Å². The van der Waals surface area contributed by atoms with Crippen LogP contribution in [0.3, 0.4) is 0 Å². The van der Waals surface area contributed by atoms with Gasteiger partial charge in [-0.15, -0.1) is 0 Å². The number of aryl methyl sites for hydroxylation is 1. The number of carbonyl (C=O) groups excluding carboxylic acids is 1. The van der Waals surface area contributed by atoms with Crippen LogP contribution in [0.5, 0.6) is 0 Å². The van der Waals surface area contributed by atoms with Crippen LogP contribution in [0.25, 0.3) is 0 Å². The maximum atomic E-state index is 12.2. The zero-order valence-electron chi connectivity index (χ0n) is 16.3. The van der Waals surface area contributed by atoms with E-state index >= 15 is 0 Å². The van der Waals surface area contributed by atoms with Gasteiger partial charge in [0.05, 0.1) is 17.1 Å². The van der Waals surface area contributed by atoms with Gasteiger partial charge in [-0.2, -0.15) is 0 Å². The maximum absolute atomic E-state index is 12.2. The zero-order chi connectivity index (χ0) is 18.7. The number of hydrogen-bond donors (Lipinski definition) is 2. The van der Waals surface area contributed by atoms with E-state index in [-0.39, 0.29) is 12.0 Å². The van der Waals surface area contributed by atoms with Crippen LogP contribution in [0.2, 0.25) is 0 Å². The maximum Gasteiger partial charge on any atom is 0.482 e. The van der Waals surface area contributed by atoms with Crippen LogP contribution in [0.1, 0.15) is 52.2 Å². The summed E-state index contributed by atoms with van der Waals surface area (Å²) in [7, 11) is -0.487. The molecule has 0 saturated carbocycles. The van der Waals surface area contributed by atoms with Crippen LogP contribution in [-0.2, 0) is 15.7 Å². The first-order valence-corrected chi connectivity index (χ1v) is 9.10. The van der Waals surface area contributed by atoms with Gasteiger partial charge in [0.15, 0.2) is 0 Å². The molecule has 1 fully saturated rings. The second-order valence-electron chi connectivity index (χ2n) is 7.82. The van der Waals surface area contributed by atoms with E-state index in [1.54, 1.807) is 0 Å². The van der Waals surface area contributed by atoms with Crippen molar-refractivity contribution in [2.24, 2.45) is 0 Å². The van der Waals surface area contributed by atoms with Crippen molar-refractivity contribution in [2.75, 3.05) is 6.54 Å². The minimum absolute atomic E-state index is 0.186. The molecule has 0 aromatic heterocycles. The summed E-state index contributed by atoms with van der Waals surface area (Å²) in [5.41, 5.74) is 1.50. The predicted octanol–water partition coefficient (Wildman–Crippen LogP) is 3.25. The molecule has 1 aliphatic heterocycles. The lowest BCUT2D eigenvalue weighted by Gasteiger charge is -2.32. The van der Waals surface area contributed by atoms with E-state index in [1.165, 1.54) is 5.56 Å². The SMILES string of the molecule is CCCNC(=O)NC(Cc1ccc(C)cc1)B1OC(C)(C)C(C)(C)O1. The number of urea groups is 1. The first kappa shape index (κ1) is 19.8. The number of benzene rings is 1. The van der Waals surface area contributed by atoms with Crippen LogP contribution < -0.4 is 10.6 Å². The molecule has 0 radical (unpaired) electrons. The monoisotopic (exact) mass is 346 g/mol. The largest absolute Gasteiger partial charge is 0.482 e. The molecule has 5 nitrogen and oxygen atoms in total. The quantitative estimate of drug-likeness (QED) is 0.778. The fourth-order valence-corrected chi connectivity index (χ4v) is 2.70. The molecule has 1 aromatic rings. The van der Waals surface area contributed by atoms with Crippen molar-refractivity contribution in [1.29, 1.82) is 0 Å². The van der Waals surface area contributed by atoms with E-state index in [0.29, 0.717) is 13.0 Å². The second-order valence-corrected chi connectivity index (χ2v) is 7.82. The van der Waals surface area contributed by atoms with E-state index in [2.05, 4.69) is 41.8 Å². The van der Waals surface area contributed by atoms with E-state index in [4.69, 9.17) is 9.31 Å². The number of rotatable bonds is 6. The van der Waals surface area contributed by atoms with Gasteiger partial charge in [0.2, 0.25) is 0 Å². The third kappa shape index (κ3) is 4.99. The van der Waals surface area contributed by atoms with E-state index in [0.717, 1.165) is 12.0 Å². The van der Waals surface area contributed by atoms with Gasteiger partial charge in [-0.1, -0.05) is 36.8 Å². The molecule has 1 aliphatic rings. The number of carbonyl (C=O) groups is 1. The highest BCUT2D eigenvalue weighted by atomic mass is 16.7. The van der Waals surface area contributed by atoms with Crippen molar-refractivity contribution < 1.29 is 14.1 Å². The highest BCUT2D eigenvalue weighted by Crippen LogP contribution is 2.37. The van der Waals surface area contributed by atoms with Gasteiger partial charge in [0.1, 0.15) is 0 Å². The Morgan fingerprint density at radius 1 is 1.12 bits per heavy atom. The van der Waals surface area contributed by atoms with E-state index in [1.807, 2.05) is 34.6 Å². The van der Waals surface area contributed by atoms with Crippen molar-refractivity contribution >= 4 is 13.1 Å². The van der Waals surface area contributed by atoms with Crippen LogP contribution in [0.15, 0.2) is 24.3 Å². The first-order chi connectivity index (χ1) is 11.6. The number of hydrogen-bond acceptors (Lipinski definition) is 3. The summed E-state index contributed by atoms with van der Waals surface area (Å²) >= 11 is 0. The van der Waals surface area contributed by atoms with Crippen molar-refractivity contribution in [3.63, 3.8) is 0 Å².